The average Bonchev–Trinajstić information content (AvgIpc) is 2.15. The van der Waals surface area contributed by atoms with E-state index in [2.05, 4.69) is 0 Å². The summed E-state index contributed by atoms with van der Waals surface area (Å²) in [5, 5.41) is 14.6. The van der Waals surface area contributed by atoms with Gasteiger partial charge in [-0.25, -0.2) is 13.6 Å². The number of aliphatic hydroxyl groups excluding tert-OH is 1. The highest BCUT2D eigenvalue weighted by Crippen LogP contribution is 2.21. The zero-order chi connectivity index (χ0) is 11.5. The van der Waals surface area contributed by atoms with Crippen molar-refractivity contribution in [1.29, 1.82) is 0 Å². The maximum absolute atomic E-state index is 11.0. The van der Waals surface area contributed by atoms with Crippen LogP contribution in [0.5, 0.6) is 0 Å². The number of benzene rings is 1. The van der Waals surface area contributed by atoms with E-state index in [4.69, 9.17) is 5.14 Å². The molecule has 84 valence electrons. The monoisotopic (exact) mass is 229 g/mol. The summed E-state index contributed by atoms with van der Waals surface area (Å²) in [7, 11) is -3.55. The van der Waals surface area contributed by atoms with Crippen molar-refractivity contribution in [2.24, 2.45) is 5.14 Å². The van der Waals surface area contributed by atoms with E-state index in [1.165, 1.54) is 0 Å². The van der Waals surface area contributed by atoms with Gasteiger partial charge in [-0.05, 0) is 17.5 Å². The second-order valence-corrected chi connectivity index (χ2v) is 5.04. The van der Waals surface area contributed by atoms with Gasteiger partial charge in [0.2, 0.25) is 10.0 Å². The average molecular weight is 229 g/mol. The number of rotatable bonds is 4. The maximum atomic E-state index is 11.0. The third-order valence-electron chi connectivity index (χ3n) is 2.16. The molecule has 0 saturated heterocycles. The number of hydrogen-bond donors (Lipinski definition) is 2. The fourth-order valence-electron chi connectivity index (χ4n) is 1.43. The molecule has 0 saturated carbocycles. The van der Waals surface area contributed by atoms with Crippen molar-refractivity contribution in [3.63, 3.8) is 0 Å². The Morgan fingerprint density at radius 1 is 1.40 bits per heavy atom. The predicted octanol–water partition coefficient (Wildman–Crippen LogP) is 0.919. The van der Waals surface area contributed by atoms with Crippen LogP contribution in [0.15, 0.2) is 24.3 Å². The molecule has 5 heteroatoms. The molecule has 0 heterocycles. The molecule has 1 aromatic carbocycles. The fraction of sp³-hybridized carbons (Fsp3) is 0.400. The topological polar surface area (TPSA) is 80.4 Å². The van der Waals surface area contributed by atoms with E-state index in [1.807, 2.05) is 6.92 Å². The molecule has 15 heavy (non-hydrogen) atoms. The highest BCUT2D eigenvalue weighted by molar-refractivity contribution is 7.88. The Morgan fingerprint density at radius 2 is 2.00 bits per heavy atom. The van der Waals surface area contributed by atoms with E-state index >= 15 is 0 Å². The van der Waals surface area contributed by atoms with E-state index in [-0.39, 0.29) is 5.75 Å². The van der Waals surface area contributed by atoms with Gasteiger partial charge in [-0.2, -0.15) is 0 Å². The maximum Gasteiger partial charge on any atom is 0.213 e. The van der Waals surface area contributed by atoms with Crippen LogP contribution in [0.3, 0.4) is 0 Å². The van der Waals surface area contributed by atoms with Crippen molar-refractivity contribution < 1.29 is 13.5 Å². The van der Waals surface area contributed by atoms with Crippen LogP contribution in [0.2, 0.25) is 0 Å². The molecule has 0 aliphatic rings. The smallest absolute Gasteiger partial charge is 0.213 e. The highest BCUT2D eigenvalue weighted by Gasteiger charge is 2.13. The first kappa shape index (κ1) is 12.2. The van der Waals surface area contributed by atoms with Gasteiger partial charge >= 0.3 is 0 Å². The Morgan fingerprint density at radius 3 is 2.53 bits per heavy atom. The Labute approximate surface area is 89.8 Å². The molecule has 3 N–H and O–H groups in total. The van der Waals surface area contributed by atoms with E-state index in [9.17, 15) is 13.5 Å². The van der Waals surface area contributed by atoms with Crippen LogP contribution in [0.25, 0.3) is 0 Å². The van der Waals surface area contributed by atoms with Crippen LogP contribution in [0, 0.1) is 0 Å². The lowest BCUT2D eigenvalue weighted by atomic mass is 10.0. The molecule has 4 nitrogen and oxygen atoms in total. The number of sulfonamides is 1. The van der Waals surface area contributed by atoms with Crippen LogP contribution >= 0.6 is 0 Å². The summed E-state index contributed by atoms with van der Waals surface area (Å²) in [5.41, 5.74) is 1.20. The summed E-state index contributed by atoms with van der Waals surface area (Å²) < 4.78 is 21.9. The minimum Gasteiger partial charge on any atom is -0.388 e. The lowest BCUT2D eigenvalue weighted by Crippen LogP contribution is -2.16. The summed E-state index contributed by atoms with van der Waals surface area (Å²) in [6.45, 7) is 1.83. The third kappa shape index (κ3) is 3.62. The molecule has 0 spiro atoms. The number of hydrogen-bond acceptors (Lipinski definition) is 3. The van der Waals surface area contributed by atoms with Crippen molar-refractivity contribution in [1.82, 2.24) is 0 Å². The standard InChI is InChI=1S/C10H15NO3S/c1-2-10(12)9-6-4-3-5-8(9)7-15(11,13)14/h3-6,10,12H,2,7H2,1H3,(H2,11,13,14). The quantitative estimate of drug-likeness (QED) is 0.805. The van der Waals surface area contributed by atoms with E-state index < -0.39 is 16.1 Å². The van der Waals surface area contributed by atoms with Crippen LogP contribution in [-0.4, -0.2) is 13.5 Å². The van der Waals surface area contributed by atoms with Crippen molar-refractivity contribution in [3.8, 4) is 0 Å². The zero-order valence-electron chi connectivity index (χ0n) is 8.55. The summed E-state index contributed by atoms with van der Waals surface area (Å²) >= 11 is 0. The Kier molecular flexibility index (Phi) is 3.84. The van der Waals surface area contributed by atoms with Crippen LogP contribution in [0.4, 0.5) is 0 Å². The summed E-state index contributed by atoms with van der Waals surface area (Å²) in [6.07, 6.45) is -0.0929. The molecule has 0 aliphatic heterocycles. The van der Waals surface area contributed by atoms with Gasteiger partial charge in [0.05, 0.1) is 11.9 Å². The Hall–Kier alpha value is -0.910. The molecule has 1 unspecified atom stereocenters. The molecule has 0 aliphatic carbocycles. The van der Waals surface area contributed by atoms with Gasteiger partial charge in [-0.15, -0.1) is 0 Å². The molecule has 0 radical (unpaired) electrons. The normalized spacial score (nSPS) is 13.8. The van der Waals surface area contributed by atoms with Gasteiger partial charge in [0.15, 0.2) is 0 Å². The fourth-order valence-corrected chi connectivity index (χ4v) is 2.12. The number of nitrogens with two attached hydrogens (primary N) is 1. The zero-order valence-corrected chi connectivity index (χ0v) is 9.37. The summed E-state index contributed by atoms with van der Waals surface area (Å²) in [4.78, 5) is 0. The molecule has 1 aromatic rings. The minimum absolute atomic E-state index is 0.236. The van der Waals surface area contributed by atoms with Crippen molar-refractivity contribution in [3.05, 3.63) is 35.4 Å². The van der Waals surface area contributed by atoms with Gasteiger partial charge in [0.1, 0.15) is 0 Å². The van der Waals surface area contributed by atoms with Crippen molar-refractivity contribution in [2.45, 2.75) is 25.2 Å². The second kappa shape index (κ2) is 4.74. The van der Waals surface area contributed by atoms with Gasteiger partial charge in [-0.3, -0.25) is 0 Å². The molecular weight excluding hydrogens is 214 g/mol. The van der Waals surface area contributed by atoms with Crippen molar-refractivity contribution >= 4 is 10.0 Å². The molecule has 0 aromatic heterocycles. The molecular formula is C10H15NO3S. The van der Waals surface area contributed by atoms with Crippen molar-refractivity contribution in [2.75, 3.05) is 0 Å². The molecule has 0 bridgehead atoms. The van der Waals surface area contributed by atoms with Crippen LogP contribution in [0.1, 0.15) is 30.6 Å². The predicted molar refractivity (Wildman–Crippen MR) is 58.5 cm³/mol. The largest absolute Gasteiger partial charge is 0.388 e. The lowest BCUT2D eigenvalue weighted by Gasteiger charge is -2.12. The Bertz CT molecular complexity index is 428. The first-order valence-electron chi connectivity index (χ1n) is 4.70. The molecule has 1 atom stereocenters. The summed E-state index contributed by atoms with van der Waals surface area (Å²) in [5.74, 6) is -0.236. The Balaban J connectivity index is 3.07. The van der Waals surface area contributed by atoms with E-state index in [1.54, 1.807) is 24.3 Å². The van der Waals surface area contributed by atoms with Crippen LogP contribution in [-0.2, 0) is 15.8 Å². The van der Waals surface area contributed by atoms with E-state index in [0.29, 0.717) is 17.5 Å². The first-order valence-corrected chi connectivity index (χ1v) is 6.42. The number of aliphatic hydroxyl groups is 1. The van der Waals surface area contributed by atoms with Gasteiger partial charge in [0.25, 0.3) is 0 Å². The SMILES string of the molecule is CCC(O)c1ccccc1CS(N)(=O)=O. The van der Waals surface area contributed by atoms with Gasteiger partial charge < -0.3 is 5.11 Å². The first-order chi connectivity index (χ1) is 6.94. The lowest BCUT2D eigenvalue weighted by molar-refractivity contribution is 0.173. The minimum atomic E-state index is -3.55. The molecule has 0 fully saturated rings. The number of primary sulfonamides is 1. The second-order valence-electron chi connectivity index (χ2n) is 3.43. The summed E-state index contributed by atoms with van der Waals surface area (Å²) in [6, 6.07) is 6.88. The van der Waals surface area contributed by atoms with Gasteiger partial charge in [-0.1, -0.05) is 31.2 Å². The molecule has 0 amide bonds. The highest BCUT2D eigenvalue weighted by atomic mass is 32.2. The van der Waals surface area contributed by atoms with Gasteiger partial charge in [0, 0.05) is 0 Å². The van der Waals surface area contributed by atoms with Crippen LogP contribution < -0.4 is 5.14 Å². The molecule has 1 rings (SSSR count). The third-order valence-corrected chi connectivity index (χ3v) is 2.87. The van der Waals surface area contributed by atoms with E-state index in [0.717, 1.165) is 0 Å².